The van der Waals surface area contributed by atoms with Gasteiger partial charge in [0, 0.05) is 0 Å². The van der Waals surface area contributed by atoms with Crippen LogP contribution in [0.15, 0.2) is 0 Å². The second-order valence-electron chi connectivity index (χ2n) is 4.38. The van der Waals surface area contributed by atoms with E-state index in [2.05, 4.69) is 20.8 Å². The molecule has 0 amide bonds. The van der Waals surface area contributed by atoms with Gasteiger partial charge in [-0.1, -0.05) is 40.0 Å². The van der Waals surface area contributed by atoms with Crippen molar-refractivity contribution >= 4 is 7.05 Å². The van der Waals surface area contributed by atoms with Crippen molar-refractivity contribution in [3.8, 4) is 0 Å². The van der Waals surface area contributed by atoms with Gasteiger partial charge in [0.15, 0.2) is 0 Å². The van der Waals surface area contributed by atoms with E-state index in [9.17, 15) is 0 Å². The van der Waals surface area contributed by atoms with E-state index in [1.54, 1.807) is 0 Å². The Labute approximate surface area is 90.5 Å². The van der Waals surface area contributed by atoms with Crippen LogP contribution in [0.1, 0.15) is 59.3 Å². The Morgan fingerprint density at radius 1 is 0.714 bits per heavy atom. The van der Waals surface area contributed by atoms with E-state index in [1.807, 2.05) is 0 Å². The zero-order valence-corrected chi connectivity index (χ0v) is 11.2. The molecule has 2 heteroatoms. The molecule has 0 rings (SSSR count). The minimum atomic E-state index is -1.27. The molecular weight excluding hydrogens is 189 g/mol. The highest BCUT2D eigenvalue weighted by molar-refractivity contribution is 7.65. The fourth-order valence-corrected chi connectivity index (χ4v) is 5.15. The molecule has 0 aromatic carbocycles. The number of hydrogen-bond acceptors (Lipinski definition) is 1. The molecule has 0 aliphatic heterocycles. The summed E-state index contributed by atoms with van der Waals surface area (Å²) in [6.45, 7) is 6.72. The zero-order valence-electron chi connectivity index (χ0n) is 10.3. The molecule has 1 nitrogen and oxygen atoms in total. The van der Waals surface area contributed by atoms with Crippen molar-refractivity contribution in [1.29, 1.82) is 5.16 Å². The average molecular weight is 217 g/mol. The van der Waals surface area contributed by atoms with Crippen molar-refractivity contribution in [3.63, 3.8) is 0 Å². The fourth-order valence-electron chi connectivity index (χ4n) is 1.72. The van der Waals surface area contributed by atoms with E-state index in [4.69, 9.17) is 5.16 Å². The van der Waals surface area contributed by atoms with Crippen LogP contribution in [0, 0.1) is 5.16 Å². The third-order valence-corrected chi connectivity index (χ3v) is 6.34. The maximum Gasteiger partial charge on any atom is -0.0178 e. The van der Waals surface area contributed by atoms with Gasteiger partial charge in [-0.2, -0.15) is 0 Å². The fraction of sp³-hybridized carbons (Fsp3) is 1.00. The van der Waals surface area contributed by atoms with Gasteiger partial charge in [-0.05, 0) is 44.8 Å². The quantitative estimate of drug-likeness (QED) is 0.515. The number of rotatable bonds is 9. The van der Waals surface area contributed by atoms with Gasteiger partial charge in [-0.3, -0.25) is 0 Å². The molecule has 86 valence electrons. The summed E-state index contributed by atoms with van der Waals surface area (Å²) >= 11 is 0. The highest BCUT2D eigenvalue weighted by Gasteiger charge is 2.14. The largest absolute Gasteiger partial charge is 0.319 e. The van der Waals surface area contributed by atoms with Crippen LogP contribution in [-0.2, 0) is 0 Å². The summed E-state index contributed by atoms with van der Waals surface area (Å²) in [4.78, 5) is 0. The molecule has 0 aromatic heterocycles. The van der Waals surface area contributed by atoms with Crippen LogP contribution in [-0.4, -0.2) is 18.5 Å². The average Bonchev–Trinajstić information content (AvgIpc) is 2.21. The predicted octanol–water partition coefficient (Wildman–Crippen LogP) is 5.17. The molecule has 0 heterocycles. The monoisotopic (exact) mass is 217 g/mol. The Morgan fingerprint density at radius 3 is 1.21 bits per heavy atom. The van der Waals surface area contributed by atoms with Crippen LogP contribution in [0.3, 0.4) is 0 Å². The Balaban J connectivity index is 3.97. The first-order chi connectivity index (χ1) is 6.68. The normalized spacial score (nSPS) is 11.9. The van der Waals surface area contributed by atoms with Crippen LogP contribution in [0.4, 0.5) is 0 Å². The van der Waals surface area contributed by atoms with Crippen LogP contribution >= 0.6 is 7.05 Å². The van der Waals surface area contributed by atoms with Gasteiger partial charge in [0.05, 0.1) is 0 Å². The summed E-state index contributed by atoms with van der Waals surface area (Å²) in [7, 11) is -1.27. The lowest BCUT2D eigenvalue weighted by atomic mass is 10.4. The molecule has 0 saturated heterocycles. The molecule has 1 N–H and O–H groups in total. The molecule has 0 atom stereocenters. The standard InChI is InChI=1S/C12H28NP/c1-4-7-10-14(13,11-8-5-2)12-9-6-3/h13H,4-12H2,1-3H3. The van der Waals surface area contributed by atoms with E-state index in [0.29, 0.717) is 0 Å². The first kappa shape index (κ1) is 14.2. The third kappa shape index (κ3) is 6.65. The number of nitrogens with one attached hydrogen (secondary N) is 1. The molecule has 0 fully saturated rings. The highest BCUT2D eigenvalue weighted by atomic mass is 31.2. The molecule has 0 saturated carbocycles. The Morgan fingerprint density at radius 2 is 1.00 bits per heavy atom. The minimum absolute atomic E-state index is 1.23. The first-order valence-corrected chi connectivity index (χ1v) is 8.64. The van der Waals surface area contributed by atoms with Crippen LogP contribution in [0.25, 0.3) is 0 Å². The predicted molar refractivity (Wildman–Crippen MR) is 69.0 cm³/mol. The van der Waals surface area contributed by atoms with Crippen molar-refractivity contribution in [2.24, 2.45) is 0 Å². The van der Waals surface area contributed by atoms with Gasteiger partial charge in [0.25, 0.3) is 0 Å². The lowest BCUT2D eigenvalue weighted by molar-refractivity contribution is 0.838. The van der Waals surface area contributed by atoms with E-state index < -0.39 is 7.05 Å². The van der Waals surface area contributed by atoms with Gasteiger partial charge < -0.3 is 5.16 Å². The van der Waals surface area contributed by atoms with E-state index in [0.717, 1.165) is 0 Å². The van der Waals surface area contributed by atoms with Crippen molar-refractivity contribution in [2.75, 3.05) is 18.5 Å². The molecule has 0 unspecified atom stereocenters. The first-order valence-electron chi connectivity index (χ1n) is 6.29. The topological polar surface area (TPSA) is 23.9 Å². The summed E-state index contributed by atoms with van der Waals surface area (Å²) in [6.07, 6.45) is 11.3. The molecule has 0 radical (unpaired) electrons. The molecule has 0 aliphatic carbocycles. The van der Waals surface area contributed by atoms with E-state index in [1.165, 1.54) is 57.0 Å². The molecule has 0 spiro atoms. The summed E-state index contributed by atoms with van der Waals surface area (Å²) in [5.41, 5.74) is 0. The molecular formula is C12H28NP. The Hall–Kier alpha value is 0.230. The second-order valence-corrected chi connectivity index (χ2v) is 8.01. The van der Waals surface area contributed by atoms with Gasteiger partial charge in [0.2, 0.25) is 0 Å². The Bertz CT molecular complexity index is 137. The van der Waals surface area contributed by atoms with Crippen molar-refractivity contribution < 1.29 is 0 Å². The minimum Gasteiger partial charge on any atom is -0.319 e. The van der Waals surface area contributed by atoms with Crippen LogP contribution in [0.5, 0.6) is 0 Å². The zero-order chi connectivity index (χ0) is 10.9. The summed E-state index contributed by atoms with van der Waals surface area (Å²) in [5, 5.41) is 8.54. The Kier molecular flexibility index (Phi) is 8.67. The van der Waals surface area contributed by atoms with Crippen LogP contribution < -0.4 is 0 Å². The highest BCUT2D eigenvalue weighted by Crippen LogP contribution is 2.48. The second kappa shape index (κ2) is 8.53. The third-order valence-electron chi connectivity index (χ3n) is 2.82. The number of unbranched alkanes of at least 4 members (excludes halogenated alkanes) is 3. The van der Waals surface area contributed by atoms with E-state index >= 15 is 0 Å². The maximum atomic E-state index is 8.54. The summed E-state index contributed by atoms with van der Waals surface area (Å²) < 4.78 is 0. The molecule has 0 aliphatic rings. The van der Waals surface area contributed by atoms with Gasteiger partial charge in [0.1, 0.15) is 0 Å². The van der Waals surface area contributed by atoms with Gasteiger partial charge in [-0.15, -0.1) is 0 Å². The van der Waals surface area contributed by atoms with Crippen molar-refractivity contribution in [1.82, 2.24) is 0 Å². The SMILES string of the molecule is CCCCP(=N)(CCCC)CCCC. The smallest absolute Gasteiger partial charge is 0.0178 e. The van der Waals surface area contributed by atoms with Gasteiger partial charge >= 0.3 is 0 Å². The summed E-state index contributed by atoms with van der Waals surface area (Å²) in [5.74, 6) is 0. The number of hydrogen-bond donors (Lipinski definition) is 1. The molecule has 0 bridgehead atoms. The molecule has 0 aromatic rings. The van der Waals surface area contributed by atoms with Crippen LogP contribution in [0.2, 0.25) is 0 Å². The lowest BCUT2D eigenvalue weighted by Crippen LogP contribution is -2.00. The van der Waals surface area contributed by atoms with Crippen molar-refractivity contribution in [2.45, 2.75) is 59.3 Å². The van der Waals surface area contributed by atoms with E-state index in [-0.39, 0.29) is 0 Å². The maximum absolute atomic E-state index is 8.54. The van der Waals surface area contributed by atoms with Crippen molar-refractivity contribution in [3.05, 3.63) is 0 Å². The molecule has 14 heavy (non-hydrogen) atoms. The summed E-state index contributed by atoms with van der Waals surface area (Å²) in [6, 6.07) is 0. The van der Waals surface area contributed by atoms with Gasteiger partial charge in [-0.25, -0.2) is 0 Å². The lowest BCUT2D eigenvalue weighted by Gasteiger charge is -2.21.